The van der Waals surface area contributed by atoms with Crippen molar-refractivity contribution >= 4 is 23.4 Å². The van der Waals surface area contributed by atoms with Crippen molar-refractivity contribution in [2.45, 2.75) is 5.75 Å². The summed E-state index contributed by atoms with van der Waals surface area (Å²) in [7, 11) is 1.55. The number of anilines is 1. The number of thioether (sulfide) groups is 1. The van der Waals surface area contributed by atoms with Gasteiger partial charge in [0.2, 0.25) is 5.91 Å². The van der Waals surface area contributed by atoms with Crippen molar-refractivity contribution in [3.05, 3.63) is 84.2 Å². The lowest BCUT2D eigenvalue weighted by Gasteiger charge is -2.12. The summed E-state index contributed by atoms with van der Waals surface area (Å²) in [5, 5.41) is 2.97. The van der Waals surface area contributed by atoms with Crippen LogP contribution in [0.15, 0.2) is 72.8 Å². The Morgan fingerprint density at radius 2 is 1.78 bits per heavy atom. The van der Waals surface area contributed by atoms with Gasteiger partial charge in [-0.1, -0.05) is 48.5 Å². The molecule has 0 aliphatic carbocycles. The van der Waals surface area contributed by atoms with Gasteiger partial charge in [-0.2, -0.15) is 0 Å². The van der Waals surface area contributed by atoms with Gasteiger partial charge in [0.1, 0.15) is 11.6 Å². The summed E-state index contributed by atoms with van der Waals surface area (Å²) >= 11 is 1.41. The van der Waals surface area contributed by atoms with Gasteiger partial charge in [-0.15, -0.1) is 11.8 Å². The zero-order valence-electron chi connectivity index (χ0n) is 14.9. The van der Waals surface area contributed by atoms with E-state index in [2.05, 4.69) is 5.32 Å². The van der Waals surface area contributed by atoms with Crippen LogP contribution in [-0.2, 0) is 10.5 Å². The average Bonchev–Trinajstić information content (AvgIpc) is 2.69. The van der Waals surface area contributed by atoms with E-state index in [1.54, 1.807) is 13.2 Å². The molecular formula is C22H20FNO2S. The fourth-order valence-corrected chi connectivity index (χ4v) is 3.57. The Balaban J connectivity index is 1.62. The number of carbonyl (C=O) groups excluding carboxylic acids is 1. The first-order valence-electron chi connectivity index (χ1n) is 8.52. The molecule has 138 valence electrons. The van der Waals surface area contributed by atoms with Gasteiger partial charge >= 0.3 is 0 Å². The smallest absolute Gasteiger partial charge is 0.234 e. The molecule has 0 atom stereocenters. The van der Waals surface area contributed by atoms with Crippen LogP contribution in [0.3, 0.4) is 0 Å². The summed E-state index contributed by atoms with van der Waals surface area (Å²) in [4.78, 5) is 12.4. The molecule has 3 aromatic rings. The Kier molecular flexibility index (Phi) is 6.49. The third-order valence-electron chi connectivity index (χ3n) is 4.02. The Labute approximate surface area is 162 Å². The van der Waals surface area contributed by atoms with Crippen LogP contribution in [0.4, 0.5) is 10.1 Å². The quantitative estimate of drug-likeness (QED) is 0.598. The highest BCUT2D eigenvalue weighted by molar-refractivity contribution is 7.99. The fraction of sp³-hybridized carbons (Fsp3) is 0.136. The normalized spacial score (nSPS) is 10.4. The van der Waals surface area contributed by atoms with E-state index >= 15 is 0 Å². The lowest BCUT2D eigenvalue weighted by molar-refractivity contribution is -0.113. The van der Waals surface area contributed by atoms with Crippen molar-refractivity contribution in [1.29, 1.82) is 0 Å². The maximum absolute atomic E-state index is 13.4. The van der Waals surface area contributed by atoms with Crippen LogP contribution in [0.25, 0.3) is 11.1 Å². The van der Waals surface area contributed by atoms with Crippen LogP contribution in [0.5, 0.6) is 5.75 Å². The van der Waals surface area contributed by atoms with Gasteiger partial charge in [0.15, 0.2) is 0 Å². The minimum Gasteiger partial charge on any atom is -0.496 e. The minimum atomic E-state index is -0.312. The molecule has 27 heavy (non-hydrogen) atoms. The van der Waals surface area contributed by atoms with Crippen LogP contribution in [0, 0.1) is 5.82 Å². The Morgan fingerprint density at radius 3 is 2.56 bits per heavy atom. The number of para-hydroxylation sites is 1. The molecule has 0 bridgehead atoms. The van der Waals surface area contributed by atoms with Crippen LogP contribution in [0.2, 0.25) is 0 Å². The number of hydrogen-bond acceptors (Lipinski definition) is 3. The molecule has 0 saturated heterocycles. The predicted molar refractivity (Wildman–Crippen MR) is 110 cm³/mol. The number of halogens is 1. The molecule has 0 saturated carbocycles. The number of nitrogens with one attached hydrogen (secondary N) is 1. The molecule has 0 fully saturated rings. The molecule has 0 heterocycles. The maximum Gasteiger partial charge on any atom is 0.234 e. The van der Waals surface area contributed by atoms with E-state index in [4.69, 9.17) is 4.74 Å². The van der Waals surface area contributed by atoms with Gasteiger partial charge in [0, 0.05) is 22.6 Å². The molecule has 1 N–H and O–H groups in total. The second-order valence-electron chi connectivity index (χ2n) is 5.91. The summed E-state index contributed by atoms with van der Waals surface area (Å²) in [5.74, 6) is 0.974. The Morgan fingerprint density at radius 1 is 1.04 bits per heavy atom. The third kappa shape index (κ3) is 5.11. The zero-order valence-corrected chi connectivity index (χ0v) is 15.8. The standard InChI is InChI=1S/C22H20FNO2S/c1-26-21-12-11-18(23)13-17(21)14-27-15-22(25)24-20-10-6-5-9-19(20)16-7-3-2-4-8-16/h2-13H,14-15H2,1H3,(H,24,25). The number of amides is 1. The van der Waals surface area contributed by atoms with E-state index in [1.165, 1.54) is 23.9 Å². The molecule has 0 aromatic heterocycles. The van der Waals surface area contributed by atoms with Crippen LogP contribution in [-0.4, -0.2) is 18.8 Å². The molecule has 0 unspecified atom stereocenters. The van der Waals surface area contributed by atoms with Crippen LogP contribution < -0.4 is 10.1 Å². The molecule has 3 aromatic carbocycles. The van der Waals surface area contributed by atoms with Gasteiger partial charge in [0.05, 0.1) is 12.9 Å². The third-order valence-corrected chi connectivity index (χ3v) is 5.00. The van der Waals surface area contributed by atoms with Gasteiger partial charge in [-0.3, -0.25) is 4.79 Å². The number of carbonyl (C=O) groups is 1. The summed E-state index contributed by atoms with van der Waals surface area (Å²) in [6.07, 6.45) is 0. The molecule has 3 rings (SSSR count). The fourth-order valence-electron chi connectivity index (χ4n) is 2.76. The number of hydrogen-bond donors (Lipinski definition) is 1. The number of ether oxygens (including phenoxy) is 1. The van der Waals surface area contributed by atoms with E-state index < -0.39 is 0 Å². The molecule has 3 nitrogen and oxygen atoms in total. The number of rotatable bonds is 7. The van der Waals surface area contributed by atoms with Gasteiger partial charge < -0.3 is 10.1 Å². The highest BCUT2D eigenvalue weighted by Gasteiger charge is 2.10. The molecular weight excluding hydrogens is 361 g/mol. The SMILES string of the molecule is COc1ccc(F)cc1CSCC(=O)Nc1ccccc1-c1ccccc1. The predicted octanol–water partition coefficient (Wildman–Crippen LogP) is 5.37. The lowest BCUT2D eigenvalue weighted by atomic mass is 10.0. The van der Waals surface area contributed by atoms with Gasteiger partial charge in [0.25, 0.3) is 0 Å². The van der Waals surface area contributed by atoms with Crippen molar-refractivity contribution in [3.8, 4) is 16.9 Å². The van der Waals surface area contributed by atoms with Crippen molar-refractivity contribution < 1.29 is 13.9 Å². The summed E-state index contributed by atoms with van der Waals surface area (Å²) in [5.41, 5.74) is 3.53. The second kappa shape index (κ2) is 9.24. The van der Waals surface area contributed by atoms with Crippen molar-refractivity contribution in [1.82, 2.24) is 0 Å². The number of methoxy groups -OCH3 is 1. The first-order valence-corrected chi connectivity index (χ1v) is 9.67. The molecule has 0 aliphatic heterocycles. The lowest BCUT2D eigenvalue weighted by Crippen LogP contribution is -2.14. The maximum atomic E-state index is 13.4. The largest absolute Gasteiger partial charge is 0.496 e. The minimum absolute atomic E-state index is 0.0984. The molecule has 5 heteroatoms. The molecule has 0 radical (unpaired) electrons. The summed E-state index contributed by atoms with van der Waals surface area (Å²) in [6, 6.07) is 22.0. The van der Waals surface area contributed by atoms with Crippen molar-refractivity contribution in [2.24, 2.45) is 0 Å². The van der Waals surface area contributed by atoms with E-state index in [0.29, 0.717) is 11.5 Å². The van der Waals surface area contributed by atoms with E-state index in [1.807, 2.05) is 54.6 Å². The zero-order chi connectivity index (χ0) is 19.1. The van der Waals surface area contributed by atoms with Gasteiger partial charge in [-0.25, -0.2) is 4.39 Å². The monoisotopic (exact) mass is 381 g/mol. The summed E-state index contributed by atoms with van der Waals surface area (Å²) < 4.78 is 18.7. The van der Waals surface area contributed by atoms with Gasteiger partial charge in [-0.05, 0) is 29.8 Å². The van der Waals surface area contributed by atoms with E-state index in [0.717, 1.165) is 22.4 Å². The van der Waals surface area contributed by atoms with E-state index in [-0.39, 0.29) is 17.5 Å². The Hall–Kier alpha value is -2.79. The highest BCUT2D eigenvalue weighted by atomic mass is 32.2. The molecule has 0 spiro atoms. The van der Waals surface area contributed by atoms with Crippen molar-refractivity contribution in [2.75, 3.05) is 18.2 Å². The van der Waals surface area contributed by atoms with Crippen LogP contribution >= 0.6 is 11.8 Å². The van der Waals surface area contributed by atoms with Crippen molar-refractivity contribution in [3.63, 3.8) is 0 Å². The average molecular weight is 381 g/mol. The second-order valence-corrected chi connectivity index (χ2v) is 6.89. The first-order chi connectivity index (χ1) is 13.2. The van der Waals surface area contributed by atoms with E-state index in [9.17, 15) is 9.18 Å². The Bertz CT molecular complexity index is 915. The molecule has 0 aliphatic rings. The highest BCUT2D eigenvalue weighted by Crippen LogP contribution is 2.28. The number of benzene rings is 3. The first kappa shape index (κ1) is 19.0. The summed E-state index contributed by atoms with van der Waals surface area (Å²) in [6.45, 7) is 0. The van der Waals surface area contributed by atoms with Crippen LogP contribution in [0.1, 0.15) is 5.56 Å². The molecule has 1 amide bonds. The topological polar surface area (TPSA) is 38.3 Å².